The van der Waals surface area contributed by atoms with Crippen LogP contribution in [0.5, 0.6) is 0 Å². The summed E-state index contributed by atoms with van der Waals surface area (Å²) in [6.07, 6.45) is 5.68. The van der Waals surface area contributed by atoms with Crippen molar-refractivity contribution in [1.29, 1.82) is 0 Å². The number of morpholine rings is 1. The molecule has 1 aromatic carbocycles. The molecule has 1 aliphatic rings. The summed E-state index contributed by atoms with van der Waals surface area (Å²) in [5, 5.41) is 1.63. The maximum Gasteiger partial charge on any atom is 0.385 e. The molecule has 2 aromatic heterocycles. The van der Waals surface area contributed by atoms with Gasteiger partial charge in [-0.2, -0.15) is 0 Å². The Balaban J connectivity index is 1.52. The summed E-state index contributed by atoms with van der Waals surface area (Å²) in [6, 6.07) is 11.0. The van der Waals surface area contributed by atoms with E-state index < -0.39 is 5.97 Å². The van der Waals surface area contributed by atoms with Crippen molar-refractivity contribution in [1.82, 2.24) is 15.0 Å². The van der Waals surface area contributed by atoms with Crippen molar-refractivity contribution < 1.29 is 14.4 Å². The number of hydrogen-bond acceptors (Lipinski definition) is 9. The Morgan fingerprint density at radius 2 is 1.87 bits per heavy atom. The van der Waals surface area contributed by atoms with Gasteiger partial charge in [0, 0.05) is 37.4 Å². The van der Waals surface area contributed by atoms with Gasteiger partial charge < -0.3 is 14.5 Å². The molecule has 0 spiro atoms. The topological polar surface area (TPSA) is 92.7 Å². The average molecular weight is 427 g/mol. The Hall–Kier alpha value is -3.43. The van der Waals surface area contributed by atoms with Crippen LogP contribution in [0.3, 0.4) is 0 Å². The summed E-state index contributed by atoms with van der Waals surface area (Å²) in [7, 11) is 0. The van der Waals surface area contributed by atoms with Crippen molar-refractivity contribution in [2.45, 2.75) is 0 Å². The molecule has 0 unspecified atom stereocenters. The van der Waals surface area contributed by atoms with Crippen LogP contribution >= 0.6 is 11.6 Å². The van der Waals surface area contributed by atoms with E-state index in [0.29, 0.717) is 29.7 Å². The van der Waals surface area contributed by atoms with Crippen molar-refractivity contribution >= 4 is 34.8 Å². The molecular weight excluding hydrogens is 408 g/mol. The monoisotopic (exact) mass is 426 g/mol. The number of benzene rings is 1. The second-order valence-corrected chi connectivity index (χ2v) is 6.79. The van der Waals surface area contributed by atoms with Crippen LogP contribution in [0.15, 0.2) is 61.2 Å². The van der Waals surface area contributed by atoms with Gasteiger partial charge in [-0.3, -0.25) is 10.4 Å². The number of pyridine rings is 1. The average Bonchev–Trinajstić information content (AvgIpc) is 2.81. The number of nitrogens with one attached hydrogen (secondary N) is 1. The lowest BCUT2D eigenvalue weighted by Gasteiger charge is -2.29. The van der Waals surface area contributed by atoms with E-state index in [0.717, 1.165) is 23.9 Å². The SMILES string of the molecule is O=C(ON(Nc1ccc(N2CCOCC2)cc1)c1ccc(Cl)cn1)c1cnccn1. The minimum atomic E-state index is -0.683. The van der Waals surface area contributed by atoms with Gasteiger partial charge >= 0.3 is 5.97 Å². The molecule has 10 heteroatoms. The highest BCUT2D eigenvalue weighted by molar-refractivity contribution is 6.30. The highest BCUT2D eigenvalue weighted by Gasteiger charge is 2.18. The molecule has 0 aliphatic carbocycles. The number of halogens is 1. The van der Waals surface area contributed by atoms with E-state index in [4.69, 9.17) is 21.2 Å². The lowest BCUT2D eigenvalue weighted by Crippen LogP contribution is -2.36. The van der Waals surface area contributed by atoms with Crippen LogP contribution in [-0.2, 0) is 9.57 Å². The summed E-state index contributed by atoms with van der Waals surface area (Å²) < 4.78 is 5.39. The van der Waals surface area contributed by atoms with Crippen LogP contribution in [0.1, 0.15) is 10.5 Å². The normalized spacial score (nSPS) is 13.6. The van der Waals surface area contributed by atoms with Crippen molar-refractivity contribution in [3.8, 4) is 0 Å². The first-order valence-electron chi connectivity index (χ1n) is 9.28. The fourth-order valence-corrected chi connectivity index (χ4v) is 2.95. The van der Waals surface area contributed by atoms with E-state index in [2.05, 4.69) is 25.3 Å². The number of carbonyl (C=O) groups excluding carboxylic acids is 1. The molecular formula is C20H19ClN6O3. The van der Waals surface area contributed by atoms with E-state index in [1.165, 1.54) is 24.8 Å². The molecule has 9 nitrogen and oxygen atoms in total. The first-order chi connectivity index (χ1) is 14.7. The third kappa shape index (κ3) is 4.94. The zero-order chi connectivity index (χ0) is 20.8. The summed E-state index contributed by atoms with van der Waals surface area (Å²) in [4.78, 5) is 32.2. The first-order valence-corrected chi connectivity index (χ1v) is 9.66. The van der Waals surface area contributed by atoms with Crippen LogP contribution in [0.4, 0.5) is 17.2 Å². The standard InChI is InChI=1S/C20H19ClN6O3/c21-15-1-6-19(24-13-15)27(30-20(28)18-14-22-7-8-23-18)25-16-2-4-17(5-3-16)26-9-11-29-12-10-26/h1-8,13-14,25H,9-12H2. The minimum absolute atomic E-state index is 0.0703. The molecule has 3 aromatic rings. The quantitative estimate of drug-likeness (QED) is 0.597. The molecule has 4 rings (SSSR count). The van der Waals surface area contributed by atoms with Crippen molar-refractivity contribution in [2.75, 3.05) is 41.8 Å². The molecule has 0 saturated carbocycles. The minimum Gasteiger partial charge on any atom is -0.378 e. The molecule has 1 aliphatic heterocycles. The number of hydrogen-bond donors (Lipinski definition) is 1. The Morgan fingerprint density at radius 3 is 2.53 bits per heavy atom. The molecule has 1 fully saturated rings. The number of rotatable bonds is 6. The lowest BCUT2D eigenvalue weighted by atomic mass is 10.2. The third-order valence-electron chi connectivity index (χ3n) is 4.34. The molecule has 0 amide bonds. The number of aromatic nitrogens is 3. The Kier molecular flexibility index (Phi) is 6.21. The predicted octanol–water partition coefficient (Wildman–Crippen LogP) is 2.97. The second-order valence-electron chi connectivity index (χ2n) is 6.36. The zero-order valence-corrected chi connectivity index (χ0v) is 16.7. The molecule has 1 N–H and O–H groups in total. The second kappa shape index (κ2) is 9.38. The van der Waals surface area contributed by atoms with Crippen LogP contribution in [0.2, 0.25) is 5.02 Å². The maximum absolute atomic E-state index is 12.5. The number of anilines is 3. The maximum atomic E-state index is 12.5. The van der Waals surface area contributed by atoms with E-state index in [1.54, 1.807) is 12.1 Å². The Labute approximate surface area is 178 Å². The Bertz CT molecular complexity index is 966. The van der Waals surface area contributed by atoms with E-state index >= 15 is 0 Å². The van der Waals surface area contributed by atoms with Crippen LogP contribution in [0.25, 0.3) is 0 Å². The highest BCUT2D eigenvalue weighted by atomic mass is 35.5. The number of ether oxygens (including phenoxy) is 1. The van der Waals surface area contributed by atoms with Gasteiger partial charge in [-0.25, -0.2) is 14.8 Å². The van der Waals surface area contributed by atoms with E-state index in [1.807, 2.05) is 24.3 Å². The van der Waals surface area contributed by atoms with Crippen molar-refractivity contribution in [2.24, 2.45) is 0 Å². The fraction of sp³-hybridized carbons (Fsp3) is 0.200. The highest BCUT2D eigenvalue weighted by Crippen LogP contribution is 2.22. The molecule has 0 atom stereocenters. The van der Waals surface area contributed by atoms with Gasteiger partial charge in [0.05, 0.1) is 30.1 Å². The first kappa shape index (κ1) is 19.9. The molecule has 30 heavy (non-hydrogen) atoms. The number of hydrazine groups is 1. The van der Waals surface area contributed by atoms with Crippen LogP contribution in [0, 0.1) is 0 Å². The zero-order valence-electron chi connectivity index (χ0n) is 15.9. The van der Waals surface area contributed by atoms with E-state index in [9.17, 15) is 4.79 Å². The Morgan fingerprint density at radius 1 is 1.07 bits per heavy atom. The summed E-state index contributed by atoms with van der Waals surface area (Å²) >= 11 is 5.93. The van der Waals surface area contributed by atoms with Crippen molar-refractivity contribution in [3.63, 3.8) is 0 Å². The lowest BCUT2D eigenvalue weighted by molar-refractivity contribution is 0.0465. The largest absolute Gasteiger partial charge is 0.385 e. The van der Waals surface area contributed by atoms with Crippen LogP contribution < -0.4 is 15.5 Å². The molecule has 0 bridgehead atoms. The van der Waals surface area contributed by atoms with E-state index in [-0.39, 0.29) is 5.69 Å². The number of nitrogens with zero attached hydrogens (tertiary/aromatic N) is 5. The van der Waals surface area contributed by atoms with Crippen molar-refractivity contribution in [3.05, 3.63) is 71.9 Å². The van der Waals surface area contributed by atoms with Gasteiger partial charge in [-0.05, 0) is 36.4 Å². The van der Waals surface area contributed by atoms with Gasteiger partial charge in [0.25, 0.3) is 0 Å². The van der Waals surface area contributed by atoms with Gasteiger partial charge in [-0.15, -0.1) is 0 Å². The number of carbonyl (C=O) groups is 1. The van der Waals surface area contributed by atoms with Gasteiger partial charge in [0.15, 0.2) is 11.5 Å². The van der Waals surface area contributed by atoms with Crippen LogP contribution in [-0.4, -0.2) is 47.2 Å². The van der Waals surface area contributed by atoms with Gasteiger partial charge in [0.1, 0.15) is 0 Å². The van der Waals surface area contributed by atoms with Gasteiger partial charge in [-0.1, -0.05) is 16.8 Å². The third-order valence-corrected chi connectivity index (χ3v) is 4.56. The molecule has 1 saturated heterocycles. The summed E-state index contributed by atoms with van der Waals surface area (Å²) in [6.45, 7) is 3.13. The fourth-order valence-electron chi connectivity index (χ4n) is 2.83. The summed E-state index contributed by atoms with van der Waals surface area (Å²) in [5.41, 5.74) is 4.91. The summed E-state index contributed by atoms with van der Waals surface area (Å²) in [5.74, 6) is -0.341. The molecule has 154 valence electrons. The molecule has 3 heterocycles. The van der Waals surface area contributed by atoms with Gasteiger partial charge in [0.2, 0.25) is 0 Å². The predicted molar refractivity (Wildman–Crippen MR) is 112 cm³/mol. The molecule has 0 radical (unpaired) electrons. The smallest absolute Gasteiger partial charge is 0.378 e.